The highest BCUT2D eigenvalue weighted by Gasteiger charge is 2.35. The van der Waals surface area contributed by atoms with Crippen LogP contribution in [0.1, 0.15) is 18.4 Å². The summed E-state index contributed by atoms with van der Waals surface area (Å²) >= 11 is 0. The summed E-state index contributed by atoms with van der Waals surface area (Å²) in [6, 6.07) is 21.4. The molecule has 32 heavy (non-hydrogen) atoms. The Morgan fingerprint density at radius 2 is 1.56 bits per heavy atom. The molecule has 0 aromatic heterocycles. The van der Waals surface area contributed by atoms with Crippen molar-refractivity contribution in [2.45, 2.75) is 24.3 Å². The number of hydrogen-bond donors (Lipinski definition) is 0. The molecule has 0 aliphatic carbocycles. The first-order valence-corrected chi connectivity index (χ1v) is 12.6. The lowest BCUT2D eigenvalue weighted by atomic mass is 10.1. The molecule has 2 aliphatic rings. The second-order valence-electron chi connectivity index (χ2n) is 8.45. The average molecular weight is 450 g/mol. The van der Waals surface area contributed by atoms with E-state index in [2.05, 4.69) is 29.2 Å². The summed E-state index contributed by atoms with van der Waals surface area (Å²) < 4.78 is 27.6. The maximum Gasteiger partial charge on any atom is 0.265 e. The lowest BCUT2D eigenvalue weighted by Crippen LogP contribution is -2.48. The topological polar surface area (TPSA) is 60.9 Å². The molecule has 166 valence electrons. The summed E-state index contributed by atoms with van der Waals surface area (Å²) in [6.07, 6.45) is 0.865. The molecule has 0 N–H and O–H groups in total. The summed E-state index contributed by atoms with van der Waals surface area (Å²) in [7, 11) is -3.56. The van der Waals surface area contributed by atoms with Crippen LogP contribution in [0.2, 0.25) is 0 Å². The third kappa shape index (κ3) is 3.87. The number of amides is 1. The van der Waals surface area contributed by atoms with Gasteiger partial charge in [0.2, 0.25) is 5.91 Å². The van der Waals surface area contributed by atoms with Gasteiger partial charge in [0, 0.05) is 51.1 Å². The first kappa shape index (κ1) is 21.0. The molecule has 3 aromatic rings. The van der Waals surface area contributed by atoms with E-state index in [4.69, 9.17) is 0 Å². The molecule has 6 nitrogen and oxygen atoms in total. The van der Waals surface area contributed by atoms with Crippen LogP contribution in [0.25, 0.3) is 10.8 Å². The highest BCUT2D eigenvalue weighted by molar-refractivity contribution is 7.93. The number of hydrogen-bond acceptors (Lipinski definition) is 4. The van der Waals surface area contributed by atoms with Crippen molar-refractivity contribution in [3.8, 4) is 0 Å². The Kier molecular flexibility index (Phi) is 5.61. The summed E-state index contributed by atoms with van der Waals surface area (Å²) in [5.41, 5.74) is 2.01. The van der Waals surface area contributed by atoms with E-state index in [1.54, 1.807) is 12.1 Å². The van der Waals surface area contributed by atoms with Crippen molar-refractivity contribution in [1.82, 2.24) is 9.80 Å². The maximum absolute atomic E-state index is 13.1. The lowest BCUT2D eigenvalue weighted by molar-refractivity contribution is -0.133. The van der Waals surface area contributed by atoms with E-state index in [0.29, 0.717) is 24.3 Å². The van der Waals surface area contributed by atoms with Crippen molar-refractivity contribution in [2.75, 3.05) is 37.0 Å². The van der Waals surface area contributed by atoms with Crippen molar-refractivity contribution in [1.29, 1.82) is 0 Å². The Labute approximate surface area is 189 Å². The molecule has 0 atom stereocenters. The van der Waals surface area contributed by atoms with Crippen molar-refractivity contribution >= 4 is 32.4 Å². The van der Waals surface area contributed by atoms with E-state index >= 15 is 0 Å². The van der Waals surface area contributed by atoms with E-state index in [0.717, 1.165) is 49.2 Å². The molecule has 0 spiro atoms. The molecule has 0 saturated carbocycles. The molecule has 0 radical (unpaired) electrons. The van der Waals surface area contributed by atoms with Crippen molar-refractivity contribution in [2.24, 2.45) is 0 Å². The molecule has 3 aromatic carbocycles. The fourth-order valence-electron chi connectivity index (χ4n) is 4.73. The smallest absolute Gasteiger partial charge is 0.265 e. The zero-order valence-electron chi connectivity index (χ0n) is 18.0. The Morgan fingerprint density at radius 3 is 2.31 bits per heavy atom. The van der Waals surface area contributed by atoms with Gasteiger partial charge in [0.25, 0.3) is 10.0 Å². The van der Waals surface area contributed by atoms with Crippen LogP contribution < -0.4 is 4.31 Å². The molecule has 0 bridgehead atoms. The van der Waals surface area contributed by atoms with Gasteiger partial charge in [-0.25, -0.2) is 8.42 Å². The van der Waals surface area contributed by atoms with Crippen LogP contribution in [0.5, 0.6) is 0 Å². The van der Waals surface area contributed by atoms with Crippen LogP contribution in [-0.2, 0) is 21.4 Å². The second kappa shape index (κ2) is 8.56. The van der Waals surface area contributed by atoms with Crippen molar-refractivity contribution in [3.05, 3.63) is 72.3 Å². The molecule has 2 aliphatic heterocycles. The van der Waals surface area contributed by atoms with Crippen LogP contribution in [0.3, 0.4) is 0 Å². The zero-order valence-corrected chi connectivity index (χ0v) is 18.8. The number of anilines is 1. The minimum Gasteiger partial charge on any atom is -0.340 e. The predicted molar refractivity (Wildman–Crippen MR) is 126 cm³/mol. The predicted octanol–water partition coefficient (Wildman–Crippen LogP) is 3.47. The molecule has 1 amide bonds. The Morgan fingerprint density at radius 1 is 0.844 bits per heavy atom. The standard InChI is InChI=1S/C25H27N3O3S/c29-24(27-17-15-26(16-18-27)19-20-7-2-1-3-8-20)13-6-14-28-22-11-4-9-21-10-5-12-23(25(21)22)32(28,30)31/h1-5,7-12H,6,13-19H2. The monoisotopic (exact) mass is 449 g/mol. The SMILES string of the molecule is O=C(CCCN1c2cccc3cccc(c23)S1(=O)=O)N1CCN(Cc2ccccc2)CC1. The van der Waals surface area contributed by atoms with Crippen molar-refractivity contribution in [3.63, 3.8) is 0 Å². The fourth-order valence-corrected chi connectivity index (χ4v) is 6.48. The van der Waals surface area contributed by atoms with Gasteiger partial charge in [-0.3, -0.25) is 14.0 Å². The van der Waals surface area contributed by atoms with Gasteiger partial charge >= 0.3 is 0 Å². The molecule has 5 rings (SSSR count). The van der Waals surface area contributed by atoms with Gasteiger partial charge in [0.1, 0.15) is 0 Å². The number of carbonyl (C=O) groups excluding carboxylic acids is 1. The molecular weight excluding hydrogens is 422 g/mol. The van der Waals surface area contributed by atoms with Crippen molar-refractivity contribution < 1.29 is 13.2 Å². The molecule has 1 saturated heterocycles. The molecular formula is C25H27N3O3S. The van der Waals surface area contributed by atoms with Gasteiger partial charge in [-0.2, -0.15) is 0 Å². The Hall–Kier alpha value is -2.90. The quantitative estimate of drug-likeness (QED) is 0.578. The van der Waals surface area contributed by atoms with Crippen LogP contribution in [0.15, 0.2) is 71.6 Å². The third-order valence-corrected chi connectivity index (χ3v) is 8.26. The van der Waals surface area contributed by atoms with E-state index in [1.165, 1.54) is 9.87 Å². The number of piperazine rings is 1. The normalized spacial score (nSPS) is 17.8. The summed E-state index contributed by atoms with van der Waals surface area (Å²) in [5, 5.41) is 1.71. The second-order valence-corrected chi connectivity index (χ2v) is 10.3. The van der Waals surface area contributed by atoms with E-state index < -0.39 is 10.0 Å². The van der Waals surface area contributed by atoms with Gasteiger partial charge in [-0.15, -0.1) is 0 Å². The minimum atomic E-state index is -3.56. The summed E-state index contributed by atoms with van der Waals surface area (Å²) in [6.45, 7) is 4.38. The fraction of sp³-hybridized carbons (Fsp3) is 0.320. The van der Waals surface area contributed by atoms with E-state index in [-0.39, 0.29) is 5.91 Å². The van der Waals surface area contributed by atoms with Crippen LogP contribution >= 0.6 is 0 Å². The largest absolute Gasteiger partial charge is 0.340 e. The number of carbonyl (C=O) groups is 1. The number of benzene rings is 3. The van der Waals surface area contributed by atoms with Gasteiger partial charge in [0.15, 0.2) is 0 Å². The number of rotatable bonds is 6. The highest BCUT2D eigenvalue weighted by atomic mass is 32.2. The number of nitrogens with zero attached hydrogens (tertiary/aromatic N) is 3. The Balaban J connectivity index is 1.16. The van der Waals surface area contributed by atoms with Gasteiger partial charge < -0.3 is 4.90 Å². The van der Waals surface area contributed by atoms with Crippen LogP contribution in [0.4, 0.5) is 5.69 Å². The zero-order chi connectivity index (χ0) is 22.1. The maximum atomic E-state index is 13.1. The van der Waals surface area contributed by atoms with Crippen LogP contribution in [-0.4, -0.2) is 56.8 Å². The Bertz CT molecular complexity index is 1230. The van der Waals surface area contributed by atoms with Gasteiger partial charge in [-0.1, -0.05) is 54.6 Å². The first-order chi connectivity index (χ1) is 15.5. The average Bonchev–Trinajstić information content (AvgIpc) is 3.03. The highest BCUT2D eigenvalue weighted by Crippen LogP contribution is 2.41. The first-order valence-electron chi connectivity index (χ1n) is 11.1. The lowest BCUT2D eigenvalue weighted by Gasteiger charge is -2.35. The molecule has 2 heterocycles. The molecule has 0 unspecified atom stereocenters. The molecule has 7 heteroatoms. The third-order valence-electron chi connectivity index (χ3n) is 6.41. The van der Waals surface area contributed by atoms with Crippen LogP contribution in [0, 0.1) is 0 Å². The molecule has 1 fully saturated rings. The van der Waals surface area contributed by atoms with E-state index in [9.17, 15) is 13.2 Å². The summed E-state index contributed by atoms with van der Waals surface area (Å²) in [5.74, 6) is 0.108. The number of sulfonamides is 1. The van der Waals surface area contributed by atoms with E-state index in [1.807, 2.05) is 35.2 Å². The van der Waals surface area contributed by atoms with Gasteiger partial charge in [0.05, 0.1) is 10.6 Å². The summed E-state index contributed by atoms with van der Waals surface area (Å²) in [4.78, 5) is 17.4. The van der Waals surface area contributed by atoms with Gasteiger partial charge in [-0.05, 0) is 29.5 Å². The minimum absolute atomic E-state index is 0.108.